The van der Waals surface area contributed by atoms with Crippen molar-refractivity contribution in [2.24, 2.45) is 0 Å². The molecule has 0 aliphatic heterocycles. The van der Waals surface area contributed by atoms with Gasteiger partial charge in [-0.1, -0.05) is 19.3 Å². The molecule has 1 rings (SSSR count). The average Bonchev–Trinajstić information content (AvgIpc) is 2.03. The topological polar surface area (TPSA) is 52.2 Å². The Morgan fingerprint density at radius 3 is 2.42 bits per heavy atom. The summed E-state index contributed by atoms with van der Waals surface area (Å²) in [4.78, 5) is 10.1. The van der Waals surface area contributed by atoms with Gasteiger partial charge in [-0.2, -0.15) is 0 Å². The van der Waals surface area contributed by atoms with Crippen LogP contribution in [0.15, 0.2) is 0 Å². The average molecular weight is 195 g/mol. The number of carbonyl (C=O) groups excluding carboxylic acids is 1. The number of hydrogen-bond acceptors (Lipinski definition) is 3. The summed E-state index contributed by atoms with van der Waals surface area (Å²) in [5.41, 5.74) is 0. The molecule has 1 aliphatic carbocycles. The molecule has 12 heavy (non-hydrogen) atoms. The molecule has 3 nitrogen and oxygen atoms in total. The molecule has 1 N–H and O–H groups in total. The van der Waals surface area contributed by atoms with E-state index in [1.807, 2.05) is 0 Å². The number of carboxylic acid groups (broad SMARTS) is 1. The second-order valence-electron chi connectivity index (χ2n) is 3.09. The maximum absolute atomic E-state index is 10.1. The molecule has 0 amide bonds. The summed E-state index contributed by atoms with van der Waals surface area (Å²) in [5.74, 6) is -1.00. The Bertz CT molecular complexity index is 135. The quantitative estimate of drug-likeness (QED) is 0.479. The molecule has 0 aromatic heterocycles. The van der Waals surface area contributed by atoms with Crippen LogP contribution >= 0.6 is 0 Å². The summed E-state index contributed by atoms with van der Waals surface area (Å²) in [6.07, 6.45) is 5.99. The van der Waals surface area contributed by atoms with Crippen molar-refractivity contribution in [2.75, 3.05) is 6.54 Å². The zero-order valence-corrected chi connectivity index (χ0v) is 10.8. The van der Waals surface area contributed by atoms with Gasteiger partial charge in [0, 0.05) is 12.6 Å². The van der Waals surface area contributed by atoms with Gasteiger partial charge in [0.05, 0.1) is 5.97 Å². The Labute approximate surface area is 116 Å². The molecule has 1 aliphatic rings. The molecule has 0 unspecified atom stereocenters. The minimum atomic E-state index is -1.00. The second-order valence-corrected chi connectivity index (χ2v) is 3.09. The van der Waals surface area contributed by atoms with E-state index in [-0.39, 0.29) is 57.9 Å². The molecular formula is C8H14KNO2. The third-order valence-electron chi connectivity index (χ3n) is 2.14. The van der Waals surface area contributed by atoms with E-state index in [4.69, 9.17) is 0 Å². The molecule has 1 fully saturated rings. The van der Waals surface area contributed by atoms with Crippen LogP contribution in [0.5, 0.6) is 0 Å². The Kier molecular flexibility index (Phi) is 8.13. The number of rotatable bonds is 3. The van der Waals surface area contributed by atoms with Crippen LogP contribution in [-0.4, -0.2) is 18.6 Å². The van der Waals surface area contributed by atoms with Gasteiger partial charge in [-0.05, 0) is 12.8 Å². The van der Waals surface area contributed by atoms with Crippen LogP contribution < -0.4 is 61.8 Å². The minimum Gasteiger partial charge on any atom is -0.549 e. The van der Waals surface area contributed by atoms with Gasteiger partial charge in [0.25, 0.3) is 0 Å². The van der Waals surface area contributed by atoms with Crippen LogP contribution in [0.3, 0.4) is 0 Å². The van der Waals surface area contributed by atoms with E-state index in [2.05, 4.69) is 5.32 Å². The fourth-order valence-corrected chi connectivity index (χ4v) is 1.53. The maximum Gasteiger partial charge on any atom is 1.00 e. The maximum atomic E-state index is 10.1. The van der Waals surface area contributed by atoms with E-state index in [0.29, 0.717) is 6.04 Å². The van der Waals surface area contributed by atoms with Crippen molar-refractivity contribution < 1.29 is 61.3 Å². The van der Waals surface area contributed by atoms with Crippen molar-refractivity contribution >= 4 is 5.97 Å². The zero-order chi connectivity index (χ0) is 8.10. The normalized spacial score (nSPS) is 18.3. The summed E-state index contributed by atoms with van der Waals surface area (Å²) < 4.78 is 0. The molecule has 0 atom stereocenters. The largest absolute Gasteiger partial charge is 1.00 e. The van der Waals surface area contributed by atoms with E-state index in [9.17, 15) is 9.90 Å². The van der Waals surface area contributed by atoms with Gasteiger partial charge in [-0.25, -0.2) is 0 Å². The molecule has 0 radical (unpaired) electrons. The van der Waals surface area contributed by atoms with E-state index >= 15 is 0 Å². The van der Waals surface area contributed by atoms with E-state index in [1.165, 1.54) is 19.3 Å². The van der Waals surface area contributed by atoms with E-state index in [1.54, 1.807) is 0 Å². The van der Waals surface area contributed by atoms with Gasteiger partial charge in [-0.3, -0.25) is 0 Å². The van der Waals surface area contributed by atoms with Gasteiger partial charge in [0.1, 0.15) is 0 Å². The summed E-state index contributed by atoms with van der Waals surface area (Å²) in [5, 5.41) is 13.0. The molecule has 0 saturated heterocycles. The number of hydrogen-bond donors (Lipinski definition) is 1. The third kappa shape index (κ3) is 5.67. The van der Waals surface area contributed by atoms with Gasteiger partial charge in [0.2, 0.25) is 0 Å². The SMILES string of the molecule is O=C([O-])CNC1CCCCC1.[K+]. The molecule has 0 bridgehead atoms. The first-order chi connectivity index (χ1) is 5.29. The van der Waals surface area contributed by atoms with Gasteiger partial charge < -0.3 is 15.2 Å². The molecule has 0 aromatic carbocycles. The van der Waals surface area contributed by atoms with Crippen LogP contribution in [0, 0.1) is 0 Å². The molecule has 0 aromatic rings. The predicted molar refractivity (Wildman–Crippen MR) is 39.9 cm³/mol. The minimum absolute atomic E-state index is 0. The second kappa shape index (κ2) is 7.47. The van der Waals surface area contributed by atoms with Crippen molar-refractivity contribution in [3.05, 3.63) is 0 Å². The van der Waals surface area contributed by atoms with Crippen molar-refractivity contribution in [2.45, 2.75) is 38.1 Å². The van der Waals surface area contributed by atoms with Crippen LogP contribution in [0.2, 0.25) is 0 Å². The van der Waals surface area contributed by atoms with Gasteiger partial charge in [-0.15, -0.1) is 0 Å². The van der Waals surface area contributed by atoms with Crippen LogP contribution in [0.4, 0.5) is 0 Å². The summed E-state index contributed by atoms with van der Waals surface area (Å²) in [6.45, 7) is 0.00463. The van der Waals surface area contributed by atoms with Gasteiger partial charge >= 0.3 is 51.4 Å². The smallest absolute Gasteiger partial charge is 0.549 e. The Morgan fingerprint density at radius 2 is 1.92 bits per heavy atom. The first-order valence-electron chi connectivity index (χ1n) is 4.22. The van der Waals surface area contributed by atoms with Crippen molar-refractivity contribution in [1.82, 2.24) is 5.32 Å². The monoisotopic (exact) mass is 195 g/mol. The number of aliphatic carboxylic acids is 1. The molecule has 64 valence electrons. The van der Waals surface area contributed by atoms with Crippen LogP contribution in [0.1, 0.15) is 32.1 Å². The Morgan fingerprint density at radius 1 is 1.33 bits per heavy atom. The molecular weight excluding hydrogens is 181 g/mol. The number of nitrogens with one attached hydrogen (secondary N) is 1. The van der Waals surface area contributed by atoms with Crippen molar-refractivity contribution in [3.63, 3.8) is 0 Å². The first kappa shape index (κ1) is 13.1. The van der Waals surface area contributed by atoms with Crippen LogP contribution in [0.25, 0.3) is 0 Å². The summed E-state index contributed by atoms with van der Waals surface area (Å²) in [6, 6.07) is 0.418. The number of carbonyl (C=O) groups is 1. The van der Waals surface area contributed by atoms with E-state index < -0.39 is 5.97 Å². The fraction of sp³-hybridized carbons (Fsp3) is 0.875. The summed E-state index contributed by atoms with van der Waals surface area (Å²) in [7, 11) is 0. The fourth-order valence-electron chi connectivity index (χ4n) is 1.53. The number of carboxylic acids is 1. The van der Waals surface area contributed by atoms with Gasteiger partial charge in [0.15, 0.2) is 0 Å². The van der Waals surface area contributed by atoms with E-state index in [0.717, 1.165) is 12.8 Å². The zero-order valence-electron chi connectivity index (χ0n) is 7.64. The standard InChI is InChI=1S/C8H15NO2.K/c10-8(11)6-9-7-4-2-1-3-5-7;/h7,9H,1-6H2,(H,10,11);/q;+1/p-1. The summed E-state index contributed by atoms with van der Waals surface area (Å²) >= 11 is 0. The molecule has 1 saturated carbocycles. The first-order valence-corrected chi connectivity index (χ1v) is 4.22. The van der Waals surface area contributed by atoms with Crippen molar-refractivity contribution in [1.29, 1.82) is 0 Å². The third-order valence-corrected chi connectivity index (χ3v) is 2.14. The molecule has 4 heteroatoms. The van der Waals surface area contributed by atoms with Crippen molar-refractivity contribution in [3.8, 4) is 0 Å². The predicted octanol–water partition coefficient (Wildman–Crippen LogP) is -3.34. The van der Waals surface area contributed by atoms with Crippen LogP contribution in [-0.2, 0) is 4.79 Å². The molecule has 0 spiro atoms. The Balaban J connectivity index is 0.00000121. The Hall–Kier alpha value is 1.07. The molecule has 0 heterocycles.